The molecule has 0 radical (unpaired) electrons. The molecule has 0 aromatic heterocycles. The SMILES string of the molecule is O=C(O)O.OC1C=CCC(O)C1O. The Morgan fingerprint density at radius 3 is 2.00 bits per heavy atom. The third-order valence-electron chi connectivity index (χ3n) is 1.45. The van der Waals surface area contributed by atoms with Crippen molar-refractivity contribution in [3.05, 3.63) is 12.2 Å². The highest BCUT2D eigenvalue weighted by atomic mass is 16.6. The summed E-state index contributed by atoms with van der Waals surface area (Å²) in [6.07, 6.45) is -0.966. The maximum Gasteiger partial charge on any atom is 0.503 e. The minimum Gasteiger partial charge on any atom is -0.450 e. The lowest BCUT2D eigenvalue weighted by Gasteiger charge is -2.23. The van der Waals surface area contributed by atoms with Crippen molar-refractivity contribution < 1.29 is 30.3 Å². The van der Waals surface area contributed by atoms with Crippen molar-refractivity contribution in [2.45, 2.75) is 24.7 Å². The van der Waals surface area contributed by atoms with Crippen molar-refractivity contribution in [1.29, 1.82) is 0 Å². The van der Waals surface area contributed by atoms with Crippen molar-refractivity contribution in [1.82, 2.24) is 0 Å². The van der Waals surface area contributed by atoms with Gasteiger partial charge in [-0.15, -0.1) is 0 Å². The fourth-order valence-corrected chi connectivity index (χ4v) is 0.838. The van der Waals surface area contributed by atoms with Gasteiger partial charge < -0.3 is 25.5 Å². The second-order valence-corrected chi connectivity index (χ2v) is 2.49. The molecule has 3 unspecified atom stereocenters. The molecule has 0 bridgehead atoms. The zero-order chi connectivity index (χ0) is 10.4. The number of carbonyl (C=O) groups is 1. The molecule has 1 rings (SSSR count). The van der Waals surface area contributed by atoms with Gasteiger partial charge in [-0.3, -0.25) is 0 Å². The Hall–Kier alpha value is -1.11. The fourth-order valence-electron chi connectivity index (χ4n) is 0.838. The van der Waals surface area contributed by atoms with E-state index in [1.807, 2.05) is 0 Å². The van der Waals surface area contributed by atoms with E-state index < -0.39 is 24.5 Å². The van der Waals surface area contributed by atoms with Crippen molar-refractivity contribution >= 4 is 6.16 Å². The summed E-state index contributed by atoms with van der Waals surface area (Å²) in [5.74, 6) is 0. The number of rotatable bonds is 0. The smallest absolute Gasteiger partial charge is 0.450 e. The number of aliphatic hydroxyl groups excluding tert-OH is 3. The van der Waals surface area contributed by atoms with Crippen LogP contribution < -0.4 is 0 Å². The summed E-state index contributed by atoms with van der Waals surface area (Å²) in [6.45, 7) is 0. The van der Waals surface area contributed by atoms with Crippen molar-refractivity contribution in [3.63, 3.8) is 0 Å². The van der Waals surface area contributed by atoms with Gasteiger partial charge in [0.2, 0.25) is 0 Å². The van der Waals surface area contributed by atoms with Crippen LogP contribution in [-0.4, -0.2) is 50.0 Å². The molecule has 0 amide bonds. The maximum absolute atomic E-state index is 8.89. The number of hydrogen-bond donors (Lipinski definition) is 5. The molecule has 5 N–H and O–H groups in total. The van der Waals surface area contributed by atoms with Gasteiger partial charge in [0.1, 0.15) is 12.2 Å². The third-order valence-corrected chi connectivity index (χ3v) is 1.45. The van der Waals surface area contributed by atoms with Crippen LogP contribution in [0.4, 0.5) is 4.79 Å². The molecule has 1 aliphatic carbocycles. The Balaban J connectivity index is 0.000000310. The molecule has 1 aliphatic rings. The van der Waals surface area contributed by atoms with E-state index in [0.717, 1.165) is 0 Å². The number of aliphatic hydroxyl groups is 3. The zero-order valence-corrected chi connectivity index (χ0v) is 6.74. The first kappa shape index (κ1) is 11.9. The molecule has 0 saturated heterocycles. The second kappa shape index (κ2) is 5.52. The van der Waals surface area contributed by atoms with Crippen LogP contribution >= 0.6 is 0 Å². The highest BCUT2D eigenvalue weighted by Gasteiger charge is 2.24. The molecule has 0 heterocycles. The molecule has 13 heavy (non-hydrogen) atoms. The molecule has 0 aromatic rings. The predicted octanol–water partition coefficient (Wildman–Crippen LogP) is -0.749. The van der Waals surface area contributed by atoms with Crippen LogP contribution in [0.15, 0.2) is 12.2 Å². The van der Waals surface area contributed by atoms with Gasteiger partial charge in [0, 0.05) is 0 Å². The Morgan fingerprint density at radius 2 is 1.69 bits per heavy atom. The van der Waals surface area contributed by atoms with E-state index in [1.165, 1.54) is 6.08 Å². The van der Waals surface area contributed by atoms with Crippen molar-refractivity contribution in [2.24, 2.45) is 0 Å². The number of hydrogen-bond acceptors (Lipinski definition) is 4. The largest absolute Gasteiger partial charge is 0.503 e. The fraction of sp³-hybridized carbons (Fsp3) is 0.571. The highest BCUT2D eigenvalue weighted by Crippen LogP contribution is 2.11. The van der Waals surface area contributed by atoms with E-state index in [2.05, 4.69) is 0 Å². The normalized spacial score (nSPS) is 31.8. The molecular formula is C7H12O6. The molecule has 0 saturated carbocycles. The zero-order valence-electron chi connectivity index (χ0n) is 6.74. The summed E-state index contributed by atoms with van der Waals surface area (Å²) < 4.78 is 0. The van der Waals surface area contributed by atoms with Crippen LogP contribution in [0.5, 0.6) is 0 Å². The average Bonchev–Trinajstić information content (AvgIpc) is 1.99. The van der Waals surface area contributed by atoms with Crippen LogP contribution in [0.2, 0.25) is 0 Å². The van der Waals surface area contributed by atoms with E-state index >= 15 is 0 Å². The lowest BCUT2D eigenvalue weighted by atomic mass is 9.99. The standard InChI is InChI=1S/C6H10O3.CH2O3/c7-4-2-1-3-5(8)6(4)9;2-1(3)4/h1-2,4-9H,3H2;(H2,2,3,4). The second-order valence-electron chi connectivity index (χ2n) is 2.49. The van der Waals surface area contributed by atoms with Crippen molar-refractivity contribution in [3.8, 4) is 0 Å². The lowest BCUT2D eigenvalue weighted by Crippen LogP contribution is -2.38. The topological polar surface area (TPSA) is 118 Å². The minimum atomic E-state index is -1.83. The molecular weight excluding hydrogens is 180 g/mol. The van der Waals surface area contributed by atoms with E-state index in [9.17, 15) is 0 Å². The van der Waals surface area contributed by atoms with Gasteiger partial charge in [0.25, 0.3) is 0 Å². The van der Waals surface area contributed by atoms with E-state index in [-0.39, 0.29) is 0 Å². The van der Waals surface area contributed by atoms with Gasteiger partial charge in [0.15, 0.2) is 0 Å². The van der Waals surface area contributed by atoms with Crippen LogP contribution in [0, 0.1) is 0 Å². The van der Waals surface area contributed by atoms with Gasteiger partial charge >= 0.3 is 6.16 Å². The summed E-state index contributed by atoms with van der Waals surface area (Å²) in [4.78, 5) is 8.56. The summed E-state index contributed by atoms with van der Waals surface area (Å²) in [5.41, 5.74) is 0. The van der Waals surface area contributed by atoms with Crippen LogP contribution in [0.1, 0.15) is 6.42 Å². The van der Waals surface area contributed by atoms with Gasteiger partial charge in [-0.25, -0.2) is 4.79 Å². The monoisotopic (exact) mass is 192 g/mol. The van der Waals surface area contributed by atoms with Crippen LogP contribution in [0.25, 0.3) is 0 Å². The summed E-state index contributed by atoms with van der Waals surface area (Å²) in [6, 6.07) is 0. The molecule has 0 spiro atoms. The average molecular weight is 192 g/mol. The van der Waals surface area contributed by atoms with Gasteiger partial charge in [-0.05, 0) is 6.42 Å². The quantitative estimate of drug-likeness (QED) is 0.322. The molecule has 6 heteroatoms. The van der Waals surface area contributed by atoms with Gasteiger partial charge in [-0.2, -0.15) is 0 Å². The molecule has 0 fully saturated rings. The Bertz CT molecular complexity index is 185. The minimum absolute atomic E-state index is 0.429. The van der Waals surface area contributed by atoms with Gasteiger partial charge in [-0.1, -0.05) is 12.2 Å². The predicted molar refractivity (Wildman–Crippen MR) is 42.4 cm³/mol. The summed E-state index contributed by atoms with van der Waals surface area (Å²) in [5, 5.41) is 40.6. The molecule has 76 valence electrons. The van der Waals surface area contributed by atoms with Gasteiger partial charge in [0.05, 0.1) is 6.10 Å². The number of carboxylic acid groups (broad SMARTS) is 2. The van der Waals surface area contributed by atoms with Crippen LogP contribution in [0.3, 0.4) is 0 Å². The molecule has 0 aliphatic heterocycles. The van der Waals surface area contributed by atoms with E-state index in [0.29, 0.717) is 6.42 Å². The van der Waals surface area contributed by atoms with E-state index in [1.54, 1.807) is 6.08 Å². The van der Waals surface area contributed by atoms with Crippen LogP contribution in [-0.2, 0) is 0 Å². The maximum atomic E-state index is 8.89. The molecule has 6 nitrogen and oxygen atoms in total. The lowest BCUT2D eigenvalue weighted by molar-refractivity contribution is -0.0453. The summed E-state index contributed by atoms with van der Waals surface area (Å²) in [7, 11) is 0. The molecule has 0 aromatic carbocycles. The first-order valence-electron chi connectivity index (χ1n) is 3.58. The first-order chi connectivity index (χ1) is 5.95. The Kier molecular flexibility index (Phi) is 5.05. The third kappa shape index (κ3) is 5.18. The first-order valence-corrected chi connectivity index (χ1v) is 3.58. The molecule has 3 atom stereocenters. The Labute approximate surface area is 74.4 Å². The summed E-state index contributed by atoms with van der Waals surface area (Å²) >= 11 is 0. The highest BCUT2D eigenvalue weighted by molar-refractivity contribution is 5.53. The van der Waals surface area contributed by atoms with E-state index in [4.69, 9.17) is 30.3 Å². The van der Waals surface area contributed by atoms with Crippen molar-refractivity contribution in [2.75, 3.05) is 0 Å². The Morgan fingerprint density at radius 1 is 1.23 bits per heavy atom.